The van der Waals surface area contributed by atoms with Gasteiger partial charge in [-0.3, -0.25) is 0 Å². The summed E-state index contributed by atoms with van der Waals surface area (Å²) in [4.78, 5) is 14.0. The molecule has 1 amide bonds. The molecule has 8 heteroatoms. The third-order valence-corrected chi connectivity index (χ3v) is 4.10. The van der Waals surface area contributed by atoms with Crippen LogP contribution in [-0.4, -0.2) is 50.8 Å². The van der Waals surface area contributed by atoms with E-state index in [1.807, 2.05) is 52.8 Å². The smallest absolute Gasteiger partial charge is 0.407 e. The van der Waals surface area contributed by atoms with E-state index in [0.717, 1.165) is 30.2 Å². The Bertz CT molecular complexity index is 778. The SMILES string of the molecule is Cc1cc(C)n(-c2ccc(N3CC[C@H](NC(=O)OC(C)(C)C)C3)nn2)n1. The second-order valence-electron chi connectivity index (χ2n) is 7.67. The van der Waals surface area contributed by atoms with Gasteiger partial charge in [0.2, 0.25) is 0 Å². The van der Waals surface area contributed by atoms with Crippen LogP contribution in [-0.2, 0) is 4.74 Å². The minimum Gasteiger partial charge on any atom is -0.444 e. The second-order valence-corrected chi connectivity index (χ2v) is 7.67. The first-order valence-electron chi connectivity index (χ1n) is 8.83. The molecule has 1 aliphatic rings. The van der Waals surface area contributed by atoms with E-state index >= 15 is 0 Å². The van der Waals surface area contributed by atoms with Gasteiger partial charge in [-0.15, -0.1) is 10.2 Å². The number of rotatable bonds is 3. The van der Waals surface area contributed by atoms with Gasteiger partial charge in [0.15, 0.2) is 11.6 Å². The van der Waals surface area contributed by atoms with Crippen LogP contribution in [0.5, 0.6) is 0 Å². The van der Waals surface area contributed by atoms with Crippen molar-refractivity contribution in [2.45, 2.75) is 52.7 Å². The van der Waals surface area contributed by atoms with E-state index in [1.54, 1.807) is 4.68 Å². The number of aryl methyl sites for hydroxylation is 2. The summed E-state index contributed by atoms with van der Waals surface area (Å²) in [6.07, 6.45) is 0.468. The van der Waals surface area contributed by atoms with Crippen LogP contribution in [0.4, 0.5) is 10.6 Å². The van der Waals surface area contributed by atoms with Crippen molar-refractivity contribution in [1.29, 1.82) is 0 Å². The van der Waals surface area contributed by atoms with E-state index < -0.39 is 5.60 Å². The lowest BCUT2D eigenvalue weighted by Gasteiger charge is -2.22. The number of hydrogen-bond donors (Lipinski definition) is 1. The average molecular weight is 358 g/mol. The highest BCUT2D eigenvalue weighted by Gasteiger charge is 2.27. The van der Waals surface area contributed by atoms with Gasteiger partial charge in [0.25, 0.3) is 0 Å². The molecule has 3 heterocycles. The standard InChI is InChI=1S/C18H26N6O2/c1-12-10-13(2)24(22-12)16-7-6-15(20-21-16)23-9-8-14(11-23)19-17(25)26-18(3,4)5/h6-7,10,14H,8-9,11H2,1-5H3,(H,19,25)/t14-/m0/s1. The predicted octanol–water partition coefficient (Wildman–Crippen LogP) is 2.38. The molecular formula is C18H26N6O2. The van der Waals surface area contributed by atoms with Crippen LogP contribution >= 0.6 is 0 Å². The first kappa shape index (κ1) is 18.2. The van der Waals surface area contributed by atoms with Gasteiger partial charge in [-0.1, -0.05) is 0 Å². The Morgan fingerprint density at radius 2 is 1.92 bits per heavy atom. The maximum Gasteiger partial charge on any atom is 0.407 e. The monoisotopic (exact) mass is 358 g/mol. The molecule has 1 N–H and O–H groups in total. The van der Waals surface area contributed by atoms with Crippen molar-refractivity contribution in [3.05, 3.63) is 29.6 Å². The molecule has 0 aliphatic carbocycles. The largest absolute Gasteiger partial charge is 0.444 e. The number of alkyl carbamates (subject to hydrolysis) is 1. The molecular weight excluding hydrogens is 332 g/mol. The number of hydrogen-bond acceptors (Lipinski definition) is 6. The fourth-order valence-electron chi connectivity index (χ4n) is 3.02. The van der Waals surface area contributed by atoms with Crippen molar-refractivity contribution in [3.63, 3.8) is 0 Å². The fourth-order valence-corrected chi connectivity index (χ4v) is 3.02. The van der Waals surface area contributed by atoms with Gasteiger partial charge in [-0.2, -0.15) is 5.10 Å². The van der Waals surface area contributed by atoms with Crippen molar-refractivity contribution in [3.8, 4) is 5.82 Å². The van der Waals surface area contributed by atoms with Crippen molar-refractivity contribution in [2.75, 3.05) is 18.0 Å². The van der Waals surface area contributed by atoms with Crippen LogP contribution in [0.3, 0.4) is 0 Å². The summed E-state index contributed by atoms with van der Waals surface area (Å²) >= 11 is 0. The molecule has 1 aliphatic heterocycles. The average Bonchev–Trinajstić information content (AvgIpc) is 3.12. The second kappa shape index (κ2) is 6.93. The lowest BCUT2D eigenvalue weighted by Crippen LogP contribution is -2.40. The number of carbonyl (C=O) groups excluding carboxylic acids is 1. The van der Waals surface area contributed by atoms with E-state index in [4.69, 9.17) is 4.74 Å². The number of ether oxygens (including phenoxy) is 1. The van der Waals surface area contributed by atoms with Crippen molar-refractivity contribution in [1.82, 2.24) is 25.3 Å². The number of anilines is 1. The zero-order valence-corrected chi connectivity index (χ0v) is 16.0. The highest BCUT2D eigenvalue weighted by molar-refractivity contribution is 5.68. The number of aromatic nitrogens is 4. The molecule has 140 valence electrons. The van der Waals surface area contributed by atoms with Crippen molar-refractivity contribution >= 4 is 11.9 Å². The third kappa shape index (κ3) is 4.30. The lowest BCUT2D eigenvalue weighted by molar-refractivity contribution is 0.0509. The van der Waals surface area contributed by atoms with Gasteiger partial charge in [0.1, 0.15) is 5.60 Å². The molecule has 0 bridgehead atoms. The zero-order valence-electron chi connectivity index (χ0n) is 16.0. The van der Waals surface area contributed by atoms with Gasteiger partial charge < -0.3 is 15.0 Å². The minimum atomic E-state index is -0.493. The molecule has 0 aromatic carbocycles. The quantitative estimate of drug-likeness (QED) is 0.907. The summed E-state index contributed by atoms with van der Waals surface area (Å²) in [7, 11) is 0. The van der Waals surface area contributed by atoms with Crippen LogP contribution in [0, 0.1) is 13.8 Å². The number of amides is 1. The normalized spacial score (nSPS) is 17.4. The Kier molecular flexibility index (Phi) is 4.84. The Hall–Kier alpha value is -2.64. The van der Waals surface area contributed by atoms with Gasteiger partial charge in [-0.25, -0.2) is 9.48 Å². The van der Waals surface area contributed by atoms with Gasteiger partial charge in [0, 0.05) is 18.8 Å². The van der Waals surface area contributed by atoms with E-state index in [1.165, 1.54) is 0 Å². The number of carbonyl (C=O) groups is 1. The van der Waals surface area contributed by atoms with E-state index in [9.17, 15) is 4.79 Å². The first-order chi connectivity index (χ1) is 12.2. The molecule has 8 nitrogen and oxygen atoms in total. The summed E-state index contributed by atoms with van der Waals surface area (Å²) in [5, 5.41) is 16.0. The zero-order chi connectivity index (χ0) is 18.9. The summed E-state index contributed by atoms with van der Waals surface area (Å²) in [5.41, 5.74) is 1.48. The molecule has 2 aromatic rings. The summed E-state index contributed by atoms with van der Waals surface area (Å²) < 4.78 is 7.09. The molecule has 0 saturated carbocycles. The lowest BCUT2D eigenvalue weighted by atomic mass is 10.2. The molecule has 2 aromatic heterocycles. The molecule has 26 heavy (non-hydrogen) atoms. The topological polar surface area (TPSA) is 85.2 Å². The van der Waals surface area contributed by atoms with Gasteiger partial charge in [-0.05, 0) is 59.2 Å². The van der Waals surface area contributed by atoms with Crippen LogP contribution in [0.25, 0.3) is 5.82 Å². The highest BCUT2D eigenvalue weighted by atomic mass is 16.6. The van der Waals surface area contributed by atoms with E-state index in [0.29, 0.717) is 12.4 Å². The molecule has 0 radical (unpaired) electrons. The molecule has 3 rings (SSSR count). The molecule has 0 unspecified atom stereocenters. The molecule has 1 fully saturated rings. The highest BCUT2D eigenvalue weighted by Crippen LogP contribution is 2.19. The van der Waals surface area contributed by atoms with Crippen LogP contribution in [0.15, 0.2) is 18.2 Å². The molecule has 1 atom stereocenters. The van der Waals surface area contributed by atoms with Gasteiger partial charge >= 0.3 is 6.09 Å². The van der Waals surface area contributed by atoms with E-state index in [2.05, 4.69) is 25.5 Å². The molecule has 1 saturated heterocycles. The third-order valence-electron chi connectivity index (χ3n) is 4.10. The minimum absolute atomic E-state index is 0.0438. The molecule has 0 spiro atoms. The van der Waals surface area contributed by atoms with Crippen LogP contribution < -0.4 is 10.2 Å². The maximum absolute atomic E-state index is 11.9. The first-order valence-corrected chi connectivity index (χ1v) is 8.83. The Morgan fingerprint density at radius 1 is 1.23 bits per heavy atom. The van der Waals surface area contributed by atoms with Crippen LogP contribution in [0.1, 0.15) is 38.6 Å². The van der Waals surface area contributed by atoms with Crippen molar-refractivity contribution < 1.29 is 9.53 Å². The van der Waals surface area contributed by atoms with Crippen molar-refractivity contribution in [2.24, 2.45) is 0 Å². The summed E-state index contributed by atoms with van der Waals surface area (Å²) in [6.45, 7) is 11.0. The number of nitrogens with one attached hydrogen (secondary N) is 1. The Balaban J connectivity index is 1.61. The predicted molar refractivity (Wildman–Crippen MR) is 98.6 cm³/mol. The van der Waals surface area contributed by atoms with Gasteiger partial charge in [0.05, 0.1) is 11.7 Å². The number of nitrogens with zero attached hydrogens (tertiary/aromatic N) is 5. The Morgan fingerprint density at radius 3 is 2.50 bits per heavy atom. The van der Waals surface area contributed by atoms with Crippen LogP contribution in [0.2, 0.25) is 0 Å². The summed E-state index contributed by atoms with van der Waals surface area (Å²) in [5.74, 6) is 1.49. The Labute approximate surface area is 153 Å². The van der Waals surface area contributed by atoms with E-state index in [-0.39, 0.29) is 12.1 Å². The summed E-state index contributed by atoms with van der Waals surface area (Å²) in [6, 6.07) is 5.90. The maximum atomic E-state index is 11.9. The fraction of sp³-hybridized carbons (Fsp3) is 0.556.